The minimum Gasteiger partial charge on any atom is -0.309 e. The molecule has 114 valence electrons. The standard InChI is InChI=1S/C18H31NS/c1-5-19-17(14-10-8-6-7-9-11-14)15-12-13-16(20-15)18(2,3)4/h12-14,17,19H,5-11H2,1-4H3. The number of rotatable bonds is 4. The first-order valence-corrected chi connectivity index (χ1v) is 9.17. The van der Waals surface area contributed by atoms with Gasteiger partial charge in [0, 0.05) is 15.8 Å². The van der Waals surface area contributed by atoms with Crippen molar-refractivity contribution < 1.29 is 0 Å². The number of hydrogen-bond donors (Lipinski definition) is 1. The summed E-state index contributed by atoms with van der Waals surface area (Å²) in [4.78, 5) is 3.08. The molecule has 20 heavy (non-hydrogen) atoms. The first kappa shape index (κ1) is 16.0. The maximum atomic E-state index is 3.77. The Hall–Kier alpha value is -0.340. The third kappa shape index (κ3) is 4.08. The Morgan fingerprint density at radius 2 is 1.80 bits per heavy atom. The monoisotopic (exact) mass is 293 g/mol. The maximum Gasteiger partial charge on any atom is 0.0443 e. The van der Waals surface area contributed by atoms with Crippen LogP contribution in [-0.2, 0) is 5.41 Å². The van der Waals surface area contributed by atoms with Crippen molar-refractivity contribution in [1.82, 2.24) is 5.32 Å². The summed E-state index contributed by atoms with van der Waals surface area (Å²) in [6.45, 7) is 10.3. The van der Waals surface area contributed by atoms with Gasteiger partial charge in [-0.15, -0.1) is 11.3 Å². The van der Waals surface area contributed by atoms with Gasteiger partial charge in [-0.1, -0.05) is 53.4 Å². The molecule has 0 spiro atoms. The van der Waals surface area contributed by atoms with Crippen LogP contribution in [0.4, 0.5) is 0 Å². The molecule has 1 fully saturated rings. The molecule has 0 radical (unpaired) electrons. The van der Waals surface area contributed by atoms with Crippen LogP contribution in [0.2, 0.25) is 0 Å². The van der Waals surface area contributed by atoms with Gasteiger partial charge in [0.1, 0.15) is 0 Å². The van der Waals surface area contributed by atoms with Crippen LogP contribution in [0.5, 0.6) is 0 Å². The molecule has 2 rings (SSSR count). The van der Waals surface area contributed by atoms with Crippen LogP contribution in [-0.4, -0.2) is 6.54 Å². The van der Waals surface area contributed by atoms with Gasteiger partial charge in [0.15, 0.2) is 0 Å². The zero-order valence-corrected chi connectivity index (χ0v) is 14.5. The molecule has 1 heterocycles. The van der Waals surface area contributed by atoms with E-state index < -0.39 is 0 Å². The Bertz CT molecular complexity index is 394. The second-order valence-electron chi connectivity index (χ2n) is 7.24. The van der Waals surface area contributed by atoms with Crippen LogP contribution >= 0.6 is 11.3 Å². The van der Waals surface area contributed by atoms with Crippen molar-refractivity contribution in [3.63, 3.8) is 0 Å². The van der Waals surface area contributed by atoms with E-state index in [9.17, 15) is 0 Å². The van der Waals surface area contributed by atoms with Crippen molar-refractivity contribution in [3.05, 3.63) is 21.9 Å². The highest BCUT2D eigenvalue weighted by Gasteiger charge is 2.26. The molecule has 1 aromatic heterocycles. The van der Waals surface area contributed by atoms with E-state index in [2.05, 4.69) is 45.1 Å². The van der Waals surface area contributed by atoms with E-state index in [1.807, 2.05) is 11.3 Å². The molecule has 0 amide bonds. The zero-order valence-electron chi connectivity index (χ0n) is 13.7. The molecule has 1 aliphatic carbocycles. The minimum atomic E-state index is 0.281. The lowest BCUT2D eigenvalue weighted by Gasteiger charge is -2.26. The molecule has 0 aromatic carbocycles. The third-order valence-corrected chi connectivity index (χ3v) is 6.06. The quantitative estimate of drug-likeness (QED) is 0.706. The second kappa shape index (κ2) is 7.09. The molecular weight excluding hydrogens is 262 g/mol. The predicted molar refractivity (Wildman–Crippen MR) is 90.6 cm³/mol. The van der Waals surface area contributed by atoms with Crippen LogP contribution in [0, 0.1) is 5.92 Å². The highest BCUT2D eigenvalue weighted by molar-refractivity contribution is 7.12. The molecule has 1 nitrogen and oxygen atoms in total. The molecule has 1 saturated carbocycles. The van der Waals surface area contributed by atoms with E-state index in [1.54, 1.807) is 4.88 Å². The van der Waals surface area contributed by atoms with Crippen LogP contribution in [0.3, 0.4) is 0 Å². The van der Waals surface area contributed by atoms with Gasteiger partial charge in [0.25, 0.3) is 0 Å². The van der Waals surface area contributed by atoms with E-state index in [0.717, 1.165) is 12.5 Å². The predicted octanol–water partition coefficient (Wildman–Crippen LogP) is 5.67. The lowest BCUT2D eigenvalue weighted by Crippen LogP contribution is -2.27. The fourth-order valence-corrected chi connectivity index (χ4v) is 4.52. The lowest BCUT2D eigenvalue weighted by molar-refractivity contribution is 0.334. The van der Waals surface area contributed by atoms with E-state index >= 15 is 0 Å². The van der Waals surface area contributed by atoms with Crippen LogP contribution in [0.15, 0.2) is 12.1 Å². The smallest absolute Gasteiger partial charge is 0.0443 e. The molecular formula is C18H31NS. The molecule has 1 unspecified atom stereocenters. The van der Waals surface area contributed by atoms with Crippen molar-refractivity contribution in [2.24, 2.45) is 5.92 Å². The van der Waals surface area contributed by atoms with Gasteiger partial charge >= 0.3 is 0 Å². The topological polar surface area (TPSA) is 12.0 Å². The Labute approximate surface area is 129 Å². The fraction of sp³-hybridized carbons (Fsp3) is 0.778. The Morgan fingerprint density at radius 1 is 1.15 bits per heavy atom. The Balaban J connectivity index is 2.16. The van der Waals surface area contributed by atoms with Crippen LogP contribution in [0.1, 0.15) is 82.0 Å². The SMILES string of the molecule is CCNC(c1ccc(C(C)(C)C)s1)C1CCCCCC1. The number of nitrogens with one attached hydrogen (secondary N) is 1. The largest absolute Gasteiger partial charge is 0.309 e. The van der Waals surface area contributed by atoms with Gasteiger partial charge in [-0.25, -0.2) is 0 Å². The minimum absolute atomic E-state index is 0.281. The summed E-state index contributed by atoms with van der Waals surface area (Å²) < 4.78 is 0. The summed E-state index contributed by atoms with van der Waals surface area (Å²) >= 11 is 2.03. The van der Waals surface area contributed by atoms with E-state index in [1.165, 1.54) is 43.4 Å². The lowest BCUT2D eigenvalue weighted by atomic mass is 9.90. The summed E-state index contributed by atoms with van der Waals surface area (Å²) in [6, 6.07) is 5.31. The van der Waals surface area contributed by atoms with Gasteiger partial charge in [-0.2, -0.15) is 0 Å². The second-order valence-corrected chi connectivity index (χ2v) is 8.35. The van der Waals surface area contributed by atoms with E-state index in [-0.39, 0.29) is 5.41 Å². The van der Waals surface area contributed by atoms with Crippen molar-refractivity contribution in [3.8, 4) is 0 Å². The fourth-order valence-electron chi connectivity index (χ4n) is 3.29. The van der Waals surface area contributed by atoms with Gasteiger partial charge in [-0.05, 0) is 42.9 Å². The Morgan fingerprint density at radius 3 is 2.30 bits per heavy atom. The number of hydrogen-bond acceptors (Lipinski definition) is 2. The summed E-state index contributed by atoms with van der Waals surface area (Å²) in [7, 11) is 0. The first-order chi connectivity index (χ1) is 9.52. The average molecular weight is 294 g/mol. The zero-order chi connectivity index (χ0) is 14.6. The molecule has 0 bridgehead atoms. The highest BCUT2D eigenvalue weighted by atomic mass is 32.1. The number of thiophene rings is 1. The maximum absolute atomic E-state index is 3.77. The average Bonchev–Trinajstić information content (AvgIpc) is 2.73. The van der Waals surface area contributed by atoms with Crippen LogP contribution in [0.25, 0.3) is 0 Å². The van der Waals surface area contributed by atoms with Gasteiger partial charge in [0.2, 0.25) is 0 Å². The Kier molecular flexibility index (Phi) is 5.68. The van der Waals surface area contributed by atoms with Crippen molar-refractivity contribution in [2.45, 2.75) is 77.7 Å². The van der Waals surface area contributed by atoms with Crippen LogP contribution < -0.4 is 5.32 Å². The van der Waals surface area contributed by atoms with E-state index in [4.69, 9.17) is 0 Å². The molecule has 1 aromatic rings. The summed E-state index contributed by atoms with van der Waals surface area (Å²) in [5.41, 5.74) is 0.281. The van der Waals surface area contributed by atoms with E-state index in [0.29, 0.717) is 6.04 Å². The van der Waals surface area contributed by atoms with Crippen molar-refractivity contribution >= 4 is 11.3 Å². The summed E-state index contributed by atoms with van der Waals surface area (Å²) in [6.07, 6.45) is 8.52. The molecule has 0 saturated heterocycles. The first-order valence-electron chi connectivity index (χ1n) is 8.36. The highest BCUT2D eigenvalue weighted by Crippen LogP contribution is 2.38. The van der Waals surface area contributed by atoms with Gasteiger partial charge in [0.05, 0.1) is 0 Å². The molecule has 1 N–H and O–H groups in total. The third-order valence-electron chi connectivity index (χ3n) is 4.47. The van der Waals surface area contributed by atoms with Crippen molar-refractivity contribution in [1.29, 1.82) is 0 Å². The summed E-state index contributed by atoms with van der Waals surface area (Å²) in [5.74, 6) is 0.837. The molecule has 2 heteroatoms. The molecule has 0 aliphatic heterocycles. The van der Waals surface area contributed by atoms with Crippen molar-refractivity contribution in [2.75, 3.05) is 6.54 Å². The van der Waals surface area contributed by atoms with Gasteiger partial charge < -0.3 is 5.32 Å². The normalized spacial score (nSPS) is 19.8. The molecule has 1 atom stereocenters. The molecule has 1 aliphatic rings. The van der Waals surface area contributed by atoms with Gasteiger partial charge in [-0.3, -0.25) is 0 Å². The summed E-state index contributed by atoms with van der Waals surface area (Å²) in [5, 5.41) is 3.77.